The Morgan fingerprint density at radius 3 is 3.00 bits per heavy atom. The van der Waals surface area contributed by atoms with E-state index in [1.807, 2.05) is 0 Å². The zero-order chi connectivity index (χ0) is 9.26. The van der Waals surface area contributed by atoms with E-state index >= 15 is 0 Å². The Kier molecular flexibility index (Phi) is 1.90. The third-order valence-electron chi connectivity index (χ3n) is 1.55. The van der Waals surface area contributed by atoms with E-state index in [0.717, 1.165) is 0 Å². The zero-order valence-corrected chi connectivity index (χ0v) is 7.19. The highest BCUT2D eigenvalue weighted by molar-refractivity contribution is 6.33. The van der Waals surface area contributed by atoms with Crippen LogP contribution in [0.25, 0.3) is 11.0 Å². The van der Waals surface area contributed by atoms with Crippen molar-refractivity contribution in [3.05, 3.63) is 29.3 Å². The lowest BCUT2D eigenvalue weighted by atomic mass is 10.3. The molecule has 0 radical (unpaired) electrons. The Hall–Kier alpha value is -1.55. The maximum atomic E-state index is 10.4. The number of hydrogen-bond acceptors (Lipinski definition) is 4. The molecule has 0 aliphatic heterocycles. The van der Waals surface area contributed by atoms with Gasteiger partial charge in [0.1, 0.15) is 11.2 Å². The van der Waals surface area contributed by atoms with E-state index in [1.54, 1.807) is 6.07 Å². The molecular formula is C8H4ClN3O. The maximum Gasteiger partial charge on any atom is 0.170 e. The molecule has 2 aromatic heterocycles. The summed E-state index contributed by atoms with van der Waals surface area (Å²) >= 11 is 5.75. The minimum Gasteiger partial charge on any atom is -0.296 e. The van der Waals surface area contributed by atoms with Gasteiger partial charge in [0.15, 0.2) is 11.4 Å². The number of hydrogen-bond donors (Lipinski definition) is 0. The summed E-state index contributed by atoms with van der Waals surface area (Å²) in [6, 6.07) is 1.65. The van der Waals surface area contributed by atoms with E-state index < -0.39 is 0 Å². The highest BCUT2D eigenvalue weighted by Crippen LogP contribution is 2.15. The van der Waals surface area contributed by atoms with Gasteiger partial charge in [0.2, 0.25) is 0 Å². The average Bonchev–Trinajstić information content (AvgIpc) is 2.18. The lowest BCUT2D eigenvalue weighted by Crippen LogP contribution is -1.91. The van der Waals surface area contributed by atoms with Gasteiger partial charge in [0.25, 0.3) is 0 Å². The second-order valence-corrected chi connectivity index (χ2v) is 2.74. The number of carbonyl (C=O) groups excluding carboxylic acids is 1. The topological polar surface area (TPSA) is 55.7 Å². The second-order valence-electron chi connectivity index (χ2n) is 2.38. The van der Waals surface area contributed by atoms with Crippen molar-refractivity contribution in [2.45, 2.75) is 0 Å². The molecule has 2 rings (SSSR count). The molecule has 13 heavy (non-hydrogen) atoms. The van der Waals surface area contributed by atoms with Gasteiger partial charge in [0, 0.05) is 6.20 Å². The van der Waals surface area contributed by atoms with Crippen LogP contribution in [-0.4, -0.2) is 21.2 Å². The van der Waals surface area contributed by atoms with Gasteiger partial charge in [-0.15, -0.1) is 0 Å². The molecule has 2 aromatic rings. The first-order chi connectivity index (χ1) is 6.31. The van der Waals surface area contributed by atoms with Crippen LogP contribution in [0.5, 0.6) is 0 Å². The molecule has 0 saturated heterocycles. The van der Waals surface area contributed by atoms with Crippen molar-refractivity contribution in [3.8, 4) is 0 Å². The van der Waals surface area contributed by atoms with Gasteiger partial charge in [0.05, 0.1) is 11.7 Å². The molecule has 2 heterocycles. The Balaban J connectivity index is 2.79. The minimum atomic E-state index is 0.287. The van der Waals surface area contributed by atoms with Crippen LogP contribution in [0.4, 0.5) is 0 Å². The quantitative estimate of drug-likeness (QED) is 0.509. The molecule has 0 fully saturated rings. The lowest BCUT2D eigenvalue weighted by molar-refractivity contribution is 0.111. The van der Waals surface area contributed by atoms with Gasteiger partial charge in [-0.1, -0.05) is 11.6 Å². The molecule has 0 unspecified atom stereocenters. The first-order valence-corrected chi connectivity index (χ1v) is 3.91. The van der Waals surface area contributed by atoms with Crippen molar-refractivity contribution in [2.24, 2.45) is 0 Å². The Labute approximate surface area is 78.6 Å². The van der Waals surface area contributed by atoms with Gasteiger partial charge in [-0.25, -0.2) is 15.0 Å². The number of aromatic nitrogens is 3. The minimum absolute atomic E-state index is 0.287. The number of aldehydes is 1. The fraction of sp³-hybridized carbons (Fsp3) is 0. The summed E-state index contributed by atoms with van der Waals surface area (Å²) < 4.78 is 0. The molecule has 64 valence electrons. The molecule has 0 atom stereocenters. The summed E-state index contributed by atoms with van der Waals surface area (Å²) in [5, 5.41) is 0.294. The molecule has 0 N–H and O–H groups in total. The van der Waals surface area contributed by atoms with Gasteiger partial charge >= 0.3 is 0 Å². The number of nitrogens with zero attached hydrogens (tertiary/aromatic N) is 3. The smallest absolute Gasteiger partial charge is 0.170 e. The molecule has 0 aliphatic rings. The summed E-state index contributed by atoms with van der Waals surface area (Å²) in [6.07, 6.45) is 3.53. The van der Waals surface area contributed by atoms with E-state index in [4.69, 9.17) is 11.6 Å². The second kappa shape index (κ2) is 3.06. The van der Waals surface area contributed by atoms with E-state index in [2.05, 4.69) is 15.0 Å². The third-order valence-corrected chi connectivity index (χ3v) is 1.83. The highest BCUT2D eigenvalue weighted by Gasteiger charge is 2.02. The van der Waals surface area contributed by atoms with Gasteiger partial charge < -0.3 is 0 Å². The van der Waals surface area contributed by atoms with Gasteiger partial charge in [-0.2, -0.15) is 0 Å². The van der Waals surface area contributed by atoms with Crippen molar-refractivity contribution in [2.75, 3.05) is 0 Å². The van der Waals surface area contributed by atoms with Crippen molar-refractivity contribution < 1.29 is 4.79 Å². The van der Waals surface area contributed by atoms with E-state index in [-0.39, 0.29) is 5.69 Å². The summed E-state index contributed by atoms with van der Waals surface area (Å²) in [6.45, 7) is 0. The normalized spacial score (nSPS) is 10.2. The van der Waals surface area contributed by atoms with Gasteiger partial charge in [-0.05, 0) is 6.07 Å². The summed E-state index contributed by atoms with van der Waals surface area (Å²) in [7, 11) is 0. The monoisotopic (exact) mass is 193 g/mol. The molecule has 0 bridgehead atoms. The predicted molar refractivity (Wildman–Crippen MR) is 47.7 cm³/mol. The van der Waals surface area contributed by atoms with Crippen LogP contribution in [-0.2, 0) is 0 Å². The number of carbonyl (C=O) groups is 1. The van der Waals surface area contributed by atoms with Crippen LogP contribution in [0, 0.1) is 0 Å². The van der Waals surface area contributed by atoms with Crippen LogP contribution in [0.15, 0.2) is 18.5 Å². The molecule has 0 amide bonds. The SMILES string of the molecule is O=Cc1cnc2c(Cl)nccc2n1. The summed E-state index contributed by atoms with van der Waals surface area (Å²) in [5.41, 5.74) is 1.37. The first-order valence-electron chi connectivity index (χ1n) is 3.53. The molecule has 0 spiro atoms. The molecule has 0 aliphatic carbocycles. The first kappa shape index (κ1) is 8.07. The van der Waals surface area contributed by atoms with Crippen molar-refractivity contribution >= 4 is 28.9 Å². The molecule has 4 nitrogen and oxygen atoms in total. The van der Waals surface area contributed by atoms with Crippen LogP contribution >= 0.6 is 11.6 Å². The molecular weight excluding hydrogens is 190 g/mol. The fourth-order valence-electron chi connectivity index (χ4n) is 0.984. The molecule has 0 aromatic carbocycles. The predicted octanol–water partition coefficient (Wildman–Crippen LogP) is 1.49. The largest absolute Gasteiger partial charge is 0.296 e. The Bertz CT molecular complexity index is 472. The average molecular weight is 194 g/mol. The van der Waals surface area contributed by atoms with Crippen molar-refractivity contribution in [1.29, 1.82) is 0 Å². The van der Waals surface area contributed by atoms with E-state index in [1.165, 1.54) is 12.4 Å². The number of rotatable bonds is 1. The number of pyridine rings is 1. The standard InChI is InChI=1S/C8H4ClN3O/c9-8-7-6(1-2-10-8)12-5(4-13)3-11-7/h1-4H. The Morgan fingerprint density at radius 1 is 1.38 bits per heavy atom. The lowest BCUT2D eigenvalue weighted by Gasteiger charge is -1.97. The highest BCUT2D eigenvalue weighted by atomic mass is 35.5. The van der Waals surface area contributed by atoms with Crippen molar-refractivity contribution in [1.82, 2.24) is 15.0 Å². The number of halogens is 1. The summed E-state index contributed by atoms with van der Waals surface area (Å²) in [4.78, 5) is 22.2. The third kappa shape index (κ3) is 1.36. The van der Waals surface area contributed by atoms with Crippen LogP contribution in [0.3, 0.4) is 0 Å². The summed E-state index contributed by atoms with van der Waals surface area (Å²) in [5.74, 6) is 0. The van der Waals surface area contributed by atoms with E-state index in [0.29, 0.717) is 22.5 Å². The molecule has 5 heteroatoms. The molecule has 0 saturated carbocycles. The van der Waals surface area contributed by atoms with Crippen LogP contribution < -0.4 is 0 Å². The van der Waals surface area contributed by atoms with Gasteiger partial charge in [-0.3, -0.25) is 4.79 Å². The fourth-order valence-corrected chi connectivity index (χ4v) is 1.19. The number of fused-ring (bicyclic) bond motifs is 1. The van der Waals surface area contributed by atoms with E-state index in [9.17, 15) is 4.79 Å². The maximum absolute atomic E-state index is 10.4. The zero-order valence-electron chi connectivity index (χ0n) is 6.44. The van der Waals surface area contributed by atoms with Crippen LogP contribution in [0.2, 0.25) is 5.15 Å². The van der Waals surface area contributed by atoms with Crippen molar-refractivity contribution in [3.63, 3.8) is 0 Å². The van der Waals surface area contributed by atoms with Crippen LogP contribution in [0.1, 0.15) is 10.5 Å². The Morgan fingerprint density at radius 2 is 2.23 bits per heavy atom.